The number of nitrogens with zero attached hydrogens (tertiary/aromatic N) is 2. The maximum atomic E-state index is 12.5. The highest BCUT2D eigenvalue weighted by atomic mass is 32.2. The summed E-state index contributed by atoms with van der Waals surface area (Å²) in [6.45, 7) is 4.18. The number of carbonyl (C=O) groups is 2. The van der Waals surface area contributed by atoms with Gasteiger partial charge in [-0.2, -0.15) is 0 Å². The number of aromatic nitrogens is 1. The fraction of sp³-hybridized carbons (Fsp3) is 0.450. The van der Waals surface area contributed by atoms with Gasteiger partial charge >= 0.3 is 0 Å². The number of rotatable bonds is 8. The van der Waals surface area contributed by atoms with Gasteiger partial charge in [-0.05, 0) is 20.3 Å². The van der Waals surface area contributed by atoms with Gasteiger partial charge in [-0.25, -0.2) is 13.4 Å². The van der Waals surface area contributed by atoms with Crippen LogP contribution >= 0.6 is 23.1 Å². The summed E-state index contributed by atoms with van der Waals surface area (Å²) in [5, 5.41) is 4.69. The molecule has 1 aliphatic rings. The van der Waals surface area contributed by atoms with Crippen molar-refractivity contribution in [3.8, 4) is 11.3 Å². The van der Waals surface area contributed by atoms with E-state index in [1.54, 1.807) is 0 Å². The van der Waals surface area contributed by atoms with E-state index in [2.05, 4.69) is 10.3 Å². The summed E-state index contributed by atoms with van der Waals surface area (Å²) in [7, 11) is -3.06. The van der Waals surface area contributed by atoms with E-state index < -0.39 is 9.84 Å². The number of sulfone groups is 1. The van der Waals surface area contributed by atoms with Gasteiger partial charge in [0.1, 0.15) is 0 Å². The molecular formula is C20H25N3O4S3. The second-order valence-electron chi connectivity index (χ2n) is 7.23. The SMILES string of the molecule is CCN(CC(=O)NC1CCS(=O)(=O)C1)C(=O)CSc1nc(-c2ccc(C)cc2)cs1. The van der Waals surface area contributed by atoms with Crippen molar-refractivity contribution in [3.05, 3.63) is 35.2 Å². The standard InChI is InChI=1S/C20H25N3O4S3/c1-3-23(10-18(24)21-16-8-9-30(26,27)13-16)19(25)12-29-20-22-17(11-28-20)15-6-4-14(2)5-7-15/h4-7,11,16H,3,8-10,12-13H2,1-2H3,(H,21,24). The Balaban J connectivity index is 1.49. The summed E-state index contributed by atoms with van der Waals surface area (Å²) in [6.07, 6.45) is 0.428. The van der Waals surface area contributed by atoms with Crippen molar-refractivity contribution in [1.82, 2.24) is 15.2 Å². The largest absolute Gasteiger partial charge is 0.351 e. The number of benzene rings is 1. The molecule has 7 nitrogen and oxygen atoms in total. The van der Waals surface area contributed by atoms with Gasteiger partial charge in [-0.3, -0.25) is 9.59 Å². The van der Waals surface area contributed by atoms with Crippen LogP contribution in [0.2, 0.25) is 0 Å². The Hall–Kier alpha value is -1.91. The zero-order valence-corrected chi connectivity index (χ0v) is 19.4. The molecule has 1 unspecified atom stereocenters. The van der Waals surface area contributed by atoms with E-state index >= 15 is 0 Å². The highest BCUT2D eigenvalue weighted by Gasteiger charge is 2.29. The first-order chi connectivity index (χ1) is 14.3. The van der Waals surface area contributed by atoms with Crippen LogP contribution in [-0.4, -0.2) is 66.5 Å². The van der Waals surface area contributed by atoms with Gasteiger partial charge in [0.05, 0.1) is 29.5 Å². The van der Waals surface area contributed by atoms with Gasteiger partial charge in [0.25, 0.3) is 0 Å². The minimum Gasteiger partial charge on any atom is -0.351 e. The number of hydrogen-bond donors (Lipinski definition) is 1. The Kier molecular flexibility index (Phi) is 7.54. The van der Waals surface area contributed by atoms with Crippen molar-refractivity contribution >= 4 is 44.8 Å². The van der Waals surface area contributed by atoms with Crippen LogP contribution in [0.1, 0.15) is 18.9 Å². The average molecular weight is 468 g/mol. The van der Waals surface area contributed by atoms with Crippen LogP contribution in [0.25, 0.3) is 11.3 Å². The van der Waals surface area contributed by atoms with Gasteiger partial charge in [0.15, 0.2) is 14.2 Å². The molecule has 1 aromatic carbocycles. The smallest absolute Gasteiger partial charge is 0.239 e. The van der Waals surface area contributed by atoms with Crippen molar-refractivity contribution in [2.75, 3.05) is 30.3 Å². The molecule has 0 saturated carbocycles. The van der Waals surface area contributed by atoms with E-state index in [1.165, 1.54) is 33.6 Å². The summed E-state index contributed by atoms with van der Waals surface area (Å²) >= 11 is 2.85. The van der Waals surface area contributed by atoms with Crippen LogP contribution in [0.4, 0.5) is 0 Å². The van der Waals surface area contributed by atoms with E-state index in [1.807, 2.05) is 43.5 Å². The first-order valence-electron chi connectivity index (χ1n) is 9.68. The molecule has 0 bridgehead atoms. The van der Waals surface area contributed by atoms with Crippen molar-refractivity contribution in [3.63, 3.8) is 0 Å². The Labute approximate surface area is 185 Å². The number of amides is 2. The van der Waals surface area contributed by atoms with E-state index in [4.69, 9.17) is 0 Å². The molecule has 0 radical (unpaired) electrons. The first-order valence-corrected chi connectivity index (χ1v) is 13.4. The van der Waals surface area contributed by atoms with E-state index in [0.717, 1.165) is 15.6 Å². The molecule has 0 spiro atoms. The third kappa shape index (κ3) is 6.29. The first kappa shape index (κ1) is 22.8. The molecule has 162 valence electrons. The minimum atomic E-state index is -3.06. The minimum absolute atomic E-state index is 0.0258. The molecule has 1 N–H and O–H groups in total. The molecule has 1 fully saturated rings. The summed E-state index contributed by atoms with van der Waals surface area (Å²) < 4.78 is 23.8. The monoisotopic (exact) mass is 467 g/mol. The van der Waals surface area contributed by atoms with Crippen molar-refractivity contribution in [1.29, 1.82) is 0 Å². The molecular weight excluding hydrogens is 442 g/mol. The lowest BCUT2D eigenvalue weighted by atomic mass is 10.1. The van der Waals surface area contributed by atoms with Gasteiger partial charge in [-0.1, -0.05) is 41.6 Å². The second-order valence-corrected chi connectivity index (χ2v) is 11.5. The van der Waals surface area contributed by atoms with Crippen molar-refractivity contribution in [2.24, 2.45) is 0 Å². The Bertz CT molecular complexity index is 1000. The highest BCUT2D eigenvalue weighted by Crippen LogP contribution is 2.28. The van der Waals surface area contributed by atoms with Gasteiger partial charge in [0.2, 0.25) is 11.8 Å². The molecule has 2 heterocycles. The second kappa shape index (κ2) is 9.93. The normalized spacial score (nSPS) is 17.6. The van der Waals surface area contributed by atoms with Gasteiger partial charge in [0, 0.05) is 23.5 Å². The summed E-state index contributed by atoms with van der Waals surface area (Å²) in [4.78, 5) is 30.8. The molecule has 3 rings (SSSR count). The number of thioether (sulfide) groups is 1. The van der Waals surface area contributed by atoms with Crippen LogP contribution < -0.4 is 5.32 Å². The summed E-state index contributed by atoms with van der Waals surface area (Å²) in [5.74, 6) is -0.206. The van der Waals surface area contributed by atoms with E-state index in [-0.39, 0.29) is 41.7 Å². The third-order valence-corrected chi connectivity index (χ3v) is 8.59. The van der Waals surface area contributed by atoms with E-state index in [0.29, 0.717) is 13.0 Å². The lowest BCUT2D eigenvalue weighted by molar-refractivity contribution is -0.134. The van der Waals surface area contributed by atoms with Crippen LogP contribution in [0, 0.1) is 6.92 Å². The van der Waals surface area contributed by atoms with Crippen molar-refractivity contribution in [2.45, 2.75) is 30.6 Å². The molecule has 2 aromatic rings. The maximum absolute atomic E-state index is 12.5. The molecule has 2 amide bonds. The third-order valence-electron chi connectivity index (χ3n) is 4.82. The zero-order chi connectivity index (χ0) is 21.7. The molecule has 1 aromatic heterocycles. The lowest BCUT2D eigenvalue weighted by Gasteiger charge is -2.21. The topological polar surface area (TPSA) is 96.4 Å². The molecule has 1 atom stereocenters. The zero-order valence-electron chi connectivity index (χ0n) is 17.0. The number of aryl methyl sites for hydroxylation is 1. The summed E-state index contributed by atoms with van der Waals surface area (Å²) in [5.41, 5.74) is 3.11. The summed E-state index contributed by atoms with van der Waals surface area (Å²) in [6, 6.07) is 7.77. The number of hydrogen-bond acceptors (Lipinski definition) is 7. The van der Waals surface area contributed by atoms with Crippen LogP contribution in [-0.2, 0) is 19.4 Å². The van der Waals surface area contributed by atoms with E-state index in [9.17, 15) is 18.0 Å². The predicted molar refractivity (Wildman–Crippen MR) is 120 cm³/mol. The predicted octanol–water partition coefficient (Wildman–Crippen LogP) is 2.36. The number of carbonyl (C=O) groups excluding carboxylic acids is 2. The average Bonchev–Trinajstić information content (AvgIpc) is 3.31. The van der Waals surface area contributed by atoms with Crippen LogP contribution in [0.3, 0.4) is 0 Å². The van der Waals surface area contributed by atoms with Crippen LogP contribution in [0.15, 0.2) is 34.0 Å². The highest BCUT2D eigenvalue weighted by molar-refractivity contribution is 8.01. The Morgan fingerprint density at radius 1 is 1.30 bits per heavy atom. The molecule has 1 aliphatic heterocycles. The molecule has 10 heteroatoms. The quantitative estimate of drug-likeness (QED) is 0.599. The Morgan fingerprint density at radius 2 is 2.03 bits per heavy atom. The Morgan fingerprint density at radius 3 is 2.67 bits per heavy atom. The fourth-order valence-electron chi connectivity index (χ4n) is 3.13. The number of nitrogens with one attached hydrogen (secondary N) is 1. The van der Waals surface area contributed by atoms with Gasteiger partial charge in [-0.15, -0.1) is 11.3 Å². The lowest BCUT2D eigenvalue weighted by Crippen LogP contribution is -2.45. The maximum Gasteiger partial charge on any atom is 0.239 e. The van der Waals surface area contributed by atoms with Crippen LogP contribution in [0.5, 0.6) is 0 Å². The number of thiazole rings is 1. The fourth-order valence-corrected chi connectivity index (χ4v) is 6.54. The number of likely N-dealkylation sites (N-methyl/N-ethyl adjacent to an activating group) is 1. The molecule has 1 saturated heterocycles. The van der Waals surface area contributed by atoms with Gasteiger partial charge < -0.3 is 10.2 Å². The molecule has 30 heavy (non-hydrogen) atoms. The molecule has 0 aliphatic carbocycles. The van der Waals surface area contributed by atoms with Crippen molar-refractivity contribution < 1.29 is 18.0 Å².